The summed E-state index contributed by atoms with van der Waals surface area (Å²) >= 11 is 1.59. The van der Waals surface area contributed by atoms with Crippen LogP contribution in [-0.4, -0.2) is 47.8 Å². The van der Waals surface area contributed by atoms with Crippen molar-refractivity contribution in [3.8, 4) is 0 Å². The molecule has 5 heteroatoms. The molecule has 1 fully saturated rings. The van der Waals surface area contributed by atoms with Gasteiger partial charge in [-0.15, -0.1) is 11.8 Å². The number of carbonyl (C=O) groups is 2. The van der Waals surface area contributed by atoms with Crippen molar-refractivity contribution in [1.29, 1.82) is 0 Å². The van der Waals surface area contributed by atoms with Gasteiger partial charge in [0.15, 0.2) is 0 Å². The van der Waals surface area contributed by atoms with Crippen LogP contribution < -0.4 is 0 Å². The van der Waals surface area contributed by atoms with Crippen LogP contribution in [0.5, 0.6) is 0 Å². The zero-order valence-electron chi connectivity index (χ0n) is 15.7. The summed E-state index contributed by atoms with van der Waals surface area (Å²) in [5.74, 6) is 0.295. The summed E-state index contributed by atoms with van der Waals surface area (Å²) < 4.78 is 0. The topological polar surface area (TPSA) is 40.6 Å². The summed E-state index contributed by atoms with van der Waals surface area (Å²) in [5, 5.41) is -0.276. The van der Waals surface area contributed by atoms with E-state index >= 15 is 0 Å². The highest BCUT2D eigenvalue weighted by Crippen LogP contribution is 2.36. The molecule has 4 nitrogen and oxygen atoms in total. The molecule has 2 aromatic rings. The second-order valence-corrected chi connectivity index (χ2v) is 7.81. The van der Waals surface area contributed by atoms with Gasteiger partial charge >= 0.3 is 0 Å². The minimum absolute atomic E-state index is 0.126. The van der Waals surface area contributed by atoms with Crippen LogP contribution in [0, 0.1) is 0 Å². The molecule has 142 valence electrons. The SMILES string of the molecule is CCC(=O)N1CCCN(C(=O)C(Sc2ccccc2)c2ccccc2)CC1. The van der Waals surface area contributed by atoms with Crippen LogP contribution in [0.15, 0.2) is 65.6 Å². The van der Waals surface area contributed by atoms with Gasteiger partial charge in [-0.05, 0) is 24.1 Å². The number of carbonyl (C=O) groups excluding carboxylic acids is 2. The van der Waals surface area contributed by atoms with E-state index in [4.69, 9.17) is 0 Å². The summed E-state index contributed by atoms with van der Waals surface area (Å²) in [4.78, 5) is 30.3. The van der Waals surface area contributed by atoms with Gasteiger partial charge in [-0.2, -0.15) is 0 Å². The number of hydrogen-bond acceptors (Lipinski definition) is 3. The van der Waals surface area contributed by atoms with Crippen LogP contribution in [0.3, 0.4) is 0 Å². The monoisotopic (exact) mass is 382 g/mol. The first-order valence-corrected chi connectivity index (χ1v) is 10.4. The van der Waals surface area contributed by atoms with Crippen LogP contribution in [0.4, 0.5) is 0 Å². The van der Waals surface area contributed by atoms with E-state index in [2.05, 4.69) is 0 Å². The maximum Gasteiger partial charge on any atom is 0.240 e. The second kappa shape index (κ2) is 9.60. The Morgan fingerprint density at radius 3 is 2.15 bits per heavy atom. The average molecular weight is 383 g/mol. The maximum absolute atomic E-state index is 13.4. The second-order valence-electron chi connectivity index (χ2n) is 6.63. The molecule has 3 rings (SSSR count). The molecule has 0 aromatic heterocycles. The van der Waals surface area contributed by atoms with Crippen LogP contribution in [0.2, 0.25) is 0 Å². The van der Waals surface area contributed by atoms with Gasteiger partial charge in [-0.1, -0.05) is 55.5 Å². The lowest BCUT2D eigenvalue weighted by molar-refractivity contribution is -0.133. The Morgan fingerprint density at radius 1 is 0.889 bits per heavy atom. The Labute approximate surface area is 165 Å². The lowest BCUT2D eigenvalue weighted by atomic mass is 10.1. The first-order valence-electron chi connectivity index (χ1n) is 9.52. The van der Waals surface area contributed by atoms with Gasteiger partial charge in [0.1, 0.15) is 5.25 Å². The molecular weight excluding hydrogens is 356 g/mol. The van der Waals surface area contributed by atoms with Crippen LogP contribution >= 0.6 is 11.8 Å². The molecule has 0 N–H and O–H groups in total. The molecule has 1 aliphatic heterocycles. The zero-order valence-corrected chi connectivity index (χ0v) is 16.5. The predicted molar refractivity (Wildman–Crippen MR) is 110 cm³/mol. The van der Waals surface area contributed by atoms with E-state index < -0.39 is 0 Å². The molecule has 1 saturated heterocycles. The molecule has 0 bridgehead atoms. The number of amides is 2. The molecule has 1 aliphatic rings. The molecule has 2 amide bonds. The largest absolute Gasteiger partial charge is 0.341 e. The van der Waals surface area contributed by atoms with Gasteiger partial charge < -0.3 is 9.80 Å². The minimum atomic E-state index is -0.276. The van der Waals surface area contributed by atoms with Crippen LogP contribution in [0.25, 0.3) is 0 Å². The third kappa shape index (κ3) is 5.13. The van der Waals surface area contributed by atoms with E-state index in [0.717, 1.165) is 23.4 Å². The number of thioether (sulfide) groups is 1. The van der Waals surface area contributed by atoms with Gasteiger partial charge in [0.05, 0.1) is 0 Å². The zero-order chi connectivity index (χ0) is 19.1. The molecule has 2 aromatic carbocycles. The van der Waals surface area contributed by atoms with E-state index in [9.17, 15) is 9.59 Å². The standard InChI is InChI=1S/C22H26N2O2S/c1-2-20(25)23-14-9-15-24(17-16-23)22(26)21(18-10-5-3-6-11-18)27-19-12-7-4-8-13-19/h3-8,10-13,21H,2,9,14-17H2,1H3. The number of benzene rings is 2. The van der Waals surface area contributed by atoms with Crippen molar-refractivity contribution in [3.05, 3.63) is 66.2 Å². The molecule has 1 atom stereocenters. The van der Waals surface area contributed by atoms with E-state index in [-0.39, 0.29) is 17.1 Å². The number of hydrogen-bond donors (Lipinski definition) is 0. The molecule has 0 spiro atoms. The molecule has 0 saturated carbocycles. The molecule has 1 unspecified atom stereocenters. The maximum atomic E-state index is 13.4. The van der Waals surface area contributed by atoms with Gasteiger partial charge in [-0.3, -0.25) is 9.59 Å². The summed E-state index contributed by atoms with van der Waals surface area (Å²) in [6.07, 6.45) is 1.35. The Morgan fingerprint density at radius 2 is 1.48 bits per heavy atom. The first-order chi connectivity index (χ1) is 13.2. The number of nitrogens with zero attached hydrogens (tertiary/aromatic N) is 2. The highest BCUT2D eigenvalue weighted by molar-refractivity contribution is 8.00. The first kappa shape index (κ1) is 19.5. The Hall–Kier alpha value is -2.27. The van der Waals surface area contributed by atoms with Gasteiger partial charge in [0.2, 0.25) is 11.8 Å². The smallest absolute Gasteiger partial charge is 0.240 e. The van der Waals surface area contributed by atoms with E-state index in [1.807, 2.05) is 77.4 Å². The highest BCUT2D eigenvalue weighted by atomic mass is 32.2. The van der Waals surface area contributed by atoms with Gasteiger partial charge in [-0.25, -0.2) is 0 Å². The molecule has 27 heavy (non-hydrogen) atoms. The third-order valence-corrected chi connectivity index (χ3v) is 6.04. The fourth-order valence-corrected chi connectivity index (χ4v) is 4.43. The summed E-state index contributed by atoms with van der Waals surface area (Å²) in [5.41, 5.74) is 1.02. The van der Waals surface area contributed by atoms with E-state index in [1.165, 1.54) is 0 Å². The summed E-state index contributed by atoms with van der Waals surface area (Å²) in [6.45, 7) is 4.54. The third-order valence-electron chi connectivity index (χ3n) is 4.79. The molecule has 1 heterocycles. The van der Waals surface area contributed by atoms with Gasteiger partial charge in [0, 0.05) is 37.5 Å². The quantitative estimate of drug-likeness (QED) is 0.734. The lowest BCUT2D eigenvalue weighted by Crippen LogP contribution is -2.38. The van der Waals surface area contributed by atoms with Crippen molar-refractivity contribution in [2.75, 3.05) is 26.2 Å². The van der Waals surface area contributed by atoms with Crippen molar-refractivity contribution in [3.63, 3.8) is 0 Å². The summed E-state index contributed by atoms with van der Waals surface area (Å²) in [6, 6.07) is 20.0. The van der Waals surface area contributed by atoms with E-state index in [1.54, 1.807) is 11.8 Å². The van der Waals surface area contributed by atoms with Crippen molar-refractivity contribution >= 4 is 23.6 Å². The van der Waals surface area contributed by atoms with Gasteiger partial charge in [0.25, 0.3) is 0 Å². The van der Waals surface area contributed by atoms with Crippen LogP contribution in [0.1, 0.15) is 30.6 Å². The molecule has 0 radical (unpaired) electrons. The Balaban J connectivity index is 1.77. The molecular formula is C22H26N2O2S. The minimum Gasteiger partial charge on any atom is -0.341 e. The van der Waals surface area contributed by atoms with E-state index in [0.29, 0.717) is 26.1 Å². The van der Waals surface area contributed by atoms with Crippen LogP contribution in [-0.2, 0) is 9.59 Å². The molecule has 0 aliphatic carbocycles. The van der Waals surface area contributed by atoms with Crippen molar-refractivity contribution < 1.29 is 9.59 Å². The van der Waals surface area contributed by atoms with Crippen molar-refractivity contribution in [2.24, 2.45) is 0 Å². The predicted octanol–water partition coefficient (Wildman–Crippen LogP) is 3.99. The van der Waals surface area contributed by atoms with Crippen molar-refractivity contribution in [2.45, 2.75) is 29.9 Å². The normalized spacial score (nSPS) is 15.9. The summed E-state index contributed by atoms with van der Waals surface area (Å²) in [7, 11) is 0. The Kier molecular flexibility index (Phi) is 6.93. The number of rotatable bonds is 5. The Bertz CT molecular complexity index is 751. The fourth-order valence-electron chi connectivity index (χ4n) is 3.30. The fraction of sp³-hybridized carbons (Fsp3) is 0.364. The van der Waals surface area contributed by atoms with Crippen molar-refractivity contribution in [1.82, 2.24) is 9.80 Å². The average Bonchev–Trinajstić information content (AvgIpc) is 2.99. The highest BCUT2D eigenvalue weighted by Gasteiger charge is 2.29. The lowest BCUT2D eigenvalue weighted by Gasteiger charge is -2.26.